The zero-order valence-electron chi connectivity index (χ0n) is 11.7. The number of hydrogen-bond donors (Lipinski definition) is 0. The van der Waals surface area contributed by atoms with Crippen LogP contribution in [-0.4, -0.2) is 36.5 Å². The van der Waals surface area contributed by atoms with Gasteiger partial charge in [0.05, 0.1) is 0 Å². The van der Waals surface area contributed by atoms with Crippen molar-refractivity contribution in [1.82, 2.24) is 10.2 Å². The topological polar surface area (TPSA) is 34.4 Å². The van der Waals surface area contributed by atoms with Gasteiger partial charge < -0.3 is 4.90 Å². The minimum absolute atomic E-state index is 0.395. The molecule has 2 atom stereocenters. The Labute approximate surface area is 111 Å². The first-order valence-electron chi connectivity index (χ1n) is 7.74. The zero-order chi connectivity index (χ0) is 12.8. The van der Waals surface area contributed by atoms with Crippen LogP contribution in [0.2, 0.25) is 0 Å². The fourth-order valence-electron chi connectivity index (χ4n) is 3.32. The second-order valence-electron chi connectivity index (χ2n) is 5.82. The average molecular weight is 251 g/mol. The van der Waals surface area contributed by atoms with Gasteiger partial charge in [-0.05, 0) is 50.9 Å². The van der Waals surface area contributed by atoms with Gasteiger partial charge >= 0.3 is 0 Å². The molecule has 0 spiro atoms. The second kappa shape index (κ2) is 7.13. The molecule has 0 aromatic carbocycles. The minimum Gasteiger partial charge on any atom is -0.340 e. The molecular formula is C15H27N2O. The van der Waals surface area contributed by atoms with E-state index in [1.807, 2.05) is 0 Å². The quantitative estimate of drug-likeness (QED) is 0.756. The maximum Gasteiger partial charge on any atom is 0.222 e. The number of nitrogens with zero attached hydrogens (tertiary/aromatic N) is 2. The number of amides is 1. The Balaban J connectivity index is 1.75. The van der Waals surface area contributed by atoms with Crippen LogP contribution in [0.15, 0.2) is 0 Å². The third-order valence-corrected chi connectivity index (χ3v) is 4.50. The van der Waals surface area contributed by atoms with Gasteiger partial charge in [-0.25, -0.2) is 5.32 Å². The Morgan fingerprint density at radius 1 is 1.28 bits per heavy atom. The number of piperidine rings is 2. The first kappa shape index (κ1) is 13.9. The summed E-state index contributed by atoms with van der Waals surface area (Å²) in [5.74, 6) is 1.07. The molecule has 0 aromatic rings. The van der Waals surface area contributed by atoms with Crippen LogP contribution in [0.3, 0.4) is 0 Å². The molecule has 2 unspecified atom stereocenters. The second-order valence-corrected chi connectivity index (χ2v) is 5.82. The molecule has 0 saturated carbocycles. The minimum atomic E-state index is 0.395. The summed E-state index contributed by atoms with van der Waals surface area (Å²) in [6, 6.07) is 0.516. The Morgan fingerprint density at radius 3 is 2.89 bits per heavy atom. The van der Waals surface area contributed by atoms with Gasteiger partial charge in [0.15, 0.2) is 0 Å². The highest BCUT2D eigenvalue weighted by Crippen LogP contribution is 2.22. The molecule has 2 rings (SSSR count). The molecule has 3 heteroatoms. The first-order valence-corrected chi connectivity index (χ1v) is 7.74. The summed E-state index contributed by atoms with van der Waals surface area (Å²) in [4.78, 5) is 14.5. The predicted octanol–water partition coefficient (Wildman–Crippen LogP) is 2.57. The zero-order valence-corrected chi connectivity index (χ0v) is 11.7. The van der Waals surface area contributed by atoms with Gasteiger partial charge in [-0.2, -0.15) is 0 Å². The van der Waals surface area contributed by atoms with Gasteiger partial charge in [-0.3, -0.25) is 4.79 Å². The summed E-state index contributed by atoms with van der Waals surface area (Å²) in [7, 11) is 0. The molecule has 1 radical (unpaired) electrons. The number of likely N-dealkylation sites (tertiary alicyclic amines) is 1. The number of carbonyl (C=O) groups is 1. The molecule has 1 amide bonds. The van der Waals surface area contributed by atoms with E-state index in [1.165, 1.54) is 32.1 Å². The van der Waals surface area contributed by atoms with Crippen molar-refractivity contribution in [3.05, 3.63) is 0 Å². The van der Waals surface area contributed by atoms with Gasteiger partial charge in [-0.15, -0.1) is 0 Å². The van der Waals surface area contributed by atoms with Gasteiger partial charge in [0.1, 0.15) is 0 Å². The van der Waals surface area contributed by atoms with Crippen molar-refractivity contribution in [2.24, 2.45) is 5.92 Å². The van der Waals surface area contributed by atoms with Crippen LogP contribution in [0.1, 0.15) is 58.3 Å². The molecule has 2 saturated heterocycles. The van der Waals surface area contributed by atoms with Crippen LogP contribution >= 0.6 is 0 Å². The SMILES string of the molecule is CCC1CCCCN1C(=O)CCC1CCC[N]C1. The van der Waals surface area contributed by atoms with Crippen molar-refractivity contribution in [1.29, 1.82) is 0 Å². The van der Waals surface area contributed by atoms with E-state index in [0.717, 1.165) is 38.9 Å². The van der Waals surface area contributed by atoms with Crippen LogP contribution in [0, 0.1) is 5.92 Å². The fourth-order valence-corrected chi connectivity index (χ4v) is 3.32. The van der Waals surface area contributed by atoms with E-state index in [-0.39, 0.29) is 0 Å². The van der Waals surface area contributed by atoms with Crippen molar-refractivity contribution >= 4 is 5.91 Å². The largest absolute Gasteiger partial charge is 0.340 e. The van der Waals surface area contributed by atoms with E-state index < -0.39 is 0 Å². The summed E-state index contributed by atoms with van der Waals surface area (Å²) in [5.41, 5.74) is 0. The van der Waals surface area contributed by atoms with Crippen LogP contribution in [0.25, 0.3) is 0 Å². The smallest absolute Gasteiger partial charge is 0.222 e. The maximum absolute atomic E-state index is 12.3. The molecule has 103 valence electrons. The van der Waals surface area contributed by atoms with E-state index in [4.69, 9.17) is 0 Å². The monoisotopic (exact) mass is 251 g/mol. The highest BCUT2D eigenvalue weighted by molar-refractivity contribution is 5.76. The molecule has 0 aliphatic carbocycles. The molecule has 0 aromatic heterocycles. The highest BCUT2D eigenvalue weighted by Gasteiger charge is 2.25. The summed E-state index contributed by atoms with van der Waals surface area (Å²) in [6.07, 6.45) is 9.11. The van der Waals surface area contributed by atoms with E-state index in [1.54, 1.807) is 0 Å². The van der Waals surface area contributed by atoms with Crippen LogP contribution in [0.4, 0.5) is 0 Å². The number of rotatable bonds is 4. The van der Waals surface area contributed by atoms with Crippen molar-refractivity contribution in [2.45, 2.75) is 64.3 Å². The van der Waals surface area contributed by atoms with Crippen LogP contribution in [-0.2, 0) is 4.79 Å². The summed E-state index contributed by atoms with van der Waals surface area (Å²) >= 11 is 0. The first-order chi connectivity index (χ1) is 8.81. The van der Waals surface area contributed by atoms with Crippen molar-refractivity contribution < 1.29 is 4.79 Å². The summed E-state index contributed by atoms with van der Waals surface area (Å²) in [6.45, 7) is 5.22. The molecule has 2 fully saturated rings. The molecule has 2 heterocycles. The van der Waals surface area contributed by atoms with E-state index in [9.17, 15) is 4.79 Å². The molecular weight excluding hydrogens is 224 g/mol. The molecule has 3 nitrogen and oxygen atoms in total. The van der Waals surface area contributed by atoms with Gasteiger partial charge in [0.2, 0.25) is 5.91 Å². The Kier molecular flexibility index (Phi) is 5.48. The number of hydrogen-bond acceptors (Lipinski definition) is 1. The lowest BCUT2D eigenvalue weighted by molar-refractivity contribution is -0.135. The average Bonchev–Trinajstić information content (AvgIpc) is 2.45. The Morgan fingerprint density at radius 2 is 2.17 bits per heavy atom. The van der Waals surface area contributed by atoms with Gasteiger partial charge in [-0.1, -0.05) is 6.92 Å². The third-order valence-electron chi connectivity index (χ3n) is 4.50. The standard InChI is InChI=1S/C15H27N2O/c1-2-14-7-3-4-11-17(14)15(18)9-8-13-6-5-10-16-12-13/h13-14H,2-12H2,1H3. The van der Waals surface area contributed by atoms with Gasteiger partial charge in [0, 0.05) is 32.1 Å². The lowest BCUT2D eigenvalue weighted by Gasteiger charge is -2.35. The van der Waals surface area contributed by atoms with Crippen molar-refractivity contribution in [3.63, 3.8) is 0 Å². The van der Waals surface area contributed by atoms with E-state index in [0.29, 0.717) is 17.9 Å². The molecule has 18 heavy (non-hydrogen) atoms. The lowest BCUT2D eigenvalue weighted by Crippen LogP contribution is -2.43. The number of carbonyl (C=O) groups excluding carboxylic acids is 1. The fraction of sp³-hybridized carbons (Fsp3) is 0.933. The Bertz CT molecular complexity index is 261. The summed E-state index contributed by atoms with van der Waals surface area (Å²) in [5, 5.41) is 4.46. The van der Waals surface area contributed by atoms with E-state index >= 15 is 0 Å². The molecule has 2 aliphatic rings. The van der Waals surface area contributed by atoms with Crippen LogP contribution < -0.4 is 5.32 Å². The predicted molar refractivity (Wildman–Crippen MR) is 73.5 cm³/mol. The highest BCUT2D eigenvalue weighted by atomic mass is 16.2. The third kappa shape index (κ3) is 3.71. The molecule has 0 N–H and O–H groups in total. The lowest BCUT2D eigenvalue weighted by atomic mass is 9.93. The maximum atomic E-state index is 12.3. The molecule has 0 bridgehead atoms. The van der Waals surface area contributed by atoms with Crippen LogP contribution in [0.5, 0.6) is 0 Å². The summed E-state index contributed by atoms with van der Waals surface area (Å²) < 4.78 is 0. The van der Waals surface area contributed by atoms with E-state index in [2.05, 4.69) is 17.1 Å². The van der Waals surface area contributed by atoms with Crippen molar-refractivity contribution in [2.75, 3.05) is 19.6 Å². The Hall–Kier alpha value is -0.570. The molecule has 2 aliphatic heterocycles. The van der Waals surface area contributed by atoms with Gasteiger partial charge in [0.25, 0.3) is 0 Å². The van der Waals surface area contributed by atoms with Crippen molar-refractivity contribution in [3.8, 4) is 0 Å². The normalized spacial score (nSPS) is 29.3.